The molecule has 1 heterocycles. The van der Waals surface area contributed by atoms with Gasteiger partial charge in [-0.15, -0.1) is 0 Å². The van der Waals surface area contributed by atoms with Crippen LogP contribution in [-0.4, -0.2) is 24.4 Å². The first-order valence-corrected chi connectivity index (χ1v) is 5.69. The largest absolute Gasteiger partial charge is 0.496 e. The summed E-state index contributed by atoms with van der Waals surface area (Å²) in [6.45, 7) is 2.12. The summed E-state index contributed by atoms with van der Waals surface area (Å²) in [5.41, 5.74) is 3.33. The van der Waals surface area contributed by atoms with Crippen LogP contribution in [0.3, 0.4) is 0 Å². The highest BCUT2D eigenvalue weighted by Gasteiger charge is 2.06. The second-order valence-corrected chi connectivity index (χ2v) is 3.80. The van der Waals surface area contributed by atoms with Crippen molar-refractivity contribution in [2.75, 3.05) is 19.5 Å². The van der Waals surface area contributed by atoms with E-state index in [9.17, 15) is 0 Å². The molecule has 17 heavy (non-hydrogen) atoms. The van der Waals surface area contributed by atoms with Gasteiger partial charge >= 0.3 is 0 Å². The average molecular weight is 231 g/mol. The summed E-state index contributed by atoms with van der Waals surface area (Å²) in [5.74, 6) is 1.78. The number of aromatic amines is 1. The molecule has 0 amide bonds. The summed E-state index contributed by atoms with van der Waals surface area (Å²) in [5, 5.41) is 10.2. The molecule has 4 nitrogen and oxygen atoms in total. The van der Waals surface area contributed by atoms with Gasteiger partial charge < -0.3 is 10.1 Å². The van der Waals surface area contributed by atoms with Gasteiger partial charge in [0.2, 0.25) is 0 Å². The van der Waals surface area contributed by atoms with Crippen LogP contribution in [0.1, 0.15) is 12.5 Å². The fraction of sp³-hybridized carbons (Fsp3) is 0.308. The van der Waals surface area contributed by atoms with E-state index in [1.54, 1.807) is 7.11 Å². The van der Waals surface area contributed by atoms with E-state index in [0.29, 0.717) is 0 Å². The second-order valence-electron chi connectivity index (χ2n) is 3.80. The van der Waals surface area contributed by atoms with Gasteiger partial charge in [0, 0.05) is 18.7 Å². The molecule has 90 valence electrons. The van der Waals surface area contributed by atoms with Crippen LogP contribution in [0.25, 0.3) is 11.3 Å². The van der Waals surface area contributed by atoms with Gasteiger partial charge in [0.1, 0.15) is 11.6 Å². The number of hydrogen-bond acceptors (Lipinski definition) is 3. The van der Waals surface area contributed by atoms with Crippen molar-refractivity contribution in [3.63, 3.8) is 0 Å². The minimum Gasteiger partial charge on any atom is -0.496 e. The van der Waals surface area contributed by atoms with Gasteiger partial charge in [-0.3, -0.25) is 5.10 Å². The number of nitrogens with one attached hydrogen (secondary N) is 2. The molecule has 4 heteroatoms. The molecule has 0 fully saturated rings. The Bertz CT molecular complexity index is 505. The van der Waals surface area contributed by atoms with Crippen molar-refractivity contribution in [2.45, 2.75) is 13.3 Å². The Morgan fingerprint density at radius 2 is 2.18 bits per heavy atom. The zero-order chi connectivity index (χ0) is 12.3. The van der Waals surface area contributed by atoms with Crippen molar-refractivity contribution in [2.24, 2.45) is 0 Å². The first-order chi connectivity index (χ1) is 8.28. The van der Waals surface area contributed by atoms with Crippen molar-refractivity contribution in [1.29, 1.82) is 0 Å². The Kier molecular flexibility index (Phi) is 3.32. The molecule has 0 saturated carbocycles. The number of nitrogens with zero attached hydrogens (tertiary/aromatic N) is 1. The monoisotopic (exact) mass is 231 g/mol. The molecule has 0 aliphatic carbocycles. The third-order valence-electron chi connectivity index (χ3n) is 2.81. The van der Waals surface area contributed by atoms with Gasteiger partial charge in [0.25, 0.3) is 0 Å². The SMILES string of the molecule is CCc1cc(-c2cc(NC)n[nH]2)ccc1OC. The number of ether oxygens (including phenoxy) is 1. The zero-order valence-electron chi connectivity index (χ0n) is 10.4. The summed E-state index contributed by atoms with van der Waals surface area (Å²) >= 11 is 0. The number of H-pyrrole nitrogens is 1. The van der Waals surface area contributed by atoms with Gasteiger partial charge in [-0.05, 0) is 30.2 Å². The molecule has 0 bridgehead atoms. The lowest BCUT2D eigenvalue weighted by molar-refractivity contribution is 0.410. The predicted molar refractivity (Wildman–Crippen MR) is 69.5 cm³/mol. The lowest BCUT2D eigenvalue weighted by Gasteiger charge is -2.08. The number of benzene rings is 1. The summed E-state index contributed by atoms with van der Waals surface area (Å²) < 4.78 is 5.32. The molecule has 2 N–H and O–H groups in total. The lowest BCUT2D eigenvalue weighted by atomic mass is 10.1. The van der Waals surface area contributed by atoms with Gasteiger partial charge in [-0.2, -0.15) is 5.10 Å². The van der Waals surface area contributed by atoms with Gasteiger partial charge in [-0.1, -0.05) is 6.92 Å². The smallest absolute Gasteiger partial charge is 0.148 e. The maximum Gasteiger partial charge on any atom is 0.148 e. The van der Waals surface area contributed by atoms with Gasteiger partial charge in [0.05, 0.1) is 12.8 Å². The first kappa shape index (κ1) is 11.5. The molecule has 0 atom stereocenters. The number of anilines is 1. The highest BCUT2D eigenvalue weighted by atomic mass is 16.5. The van der Waals surface area contributed by atoms with E-state index in [4.69, 9.17) is 4.74 Å². The van der Waals surface area contributed by atoms with Crippen LogP contribution in [0, 0.1) is 0 Å². The molecule has 0 spiro atoms. The Morgan fingerprint density at radius 3 is 2.76 bits per heavy atom. The molecule has 1 aromatic heterocycles. The Hall–Kier alpha value is -1.97. The summed E-state index contributed by atoms with van der Waals surface area (Å²) in [6, 6.07) is 8.14. The highest BCUT2D eigenvalue weighted by molar-refractivity contribution is 5.65. The van der Waals surface area contributed by atoms with E-state index in [1.807, 2.05) is 25.2 Å². The zero-order valence-corrected chi connectivity index (χ0v) is 10.4. The minimum atomic E-state index is 0.842. The molecule has 0 saturated heterocycles. The molecular formula is C13H17N3O. The summed E-state index contributed by atoms with van der Waals surface area (Å²) in [4.78, 5) is 0. The van der Waals surface area contributed by atoms with Crippen molar-refractivity contribution in [3.05, 3.63) is 29.8 Å². The van der Waals surface area contributed by atoms with E-state index in [0.717, 1.165) is 29.2 Å². The Labute approximate surface area is 101 Å². The molecule has 1 aromatic carbocycles. The maximum atomic E-state index is 5.32. The number of aromatic nitrogens is 2. The Balaban J connectivity index is 2.38. The third kappa shape index (κ3) is 2.25. The van der Waals surface area contributed by atoms with Crippen molar-refractivity contribution < 1.29 is 4.74 Å². The standard InChI is InChI=1S/C13H17N3O/c1-4-9-7-10(5-6-12(9)17-3)11-8-13(14-2)16-15-11/h5-8H,4H2,1-3H3,(H2,14,15,16). The molecule has 0 aliphatic heterocycles. The second kappa shape index (κ2) is 4.91. The van der Waals surface area contributed by atoms with Crippen LogP contribution in [-0.2, 0) is 6.42 Å². The molecule has 2 rings (SSSR count). The van der Waals surface area contributed by atoms with Crippen molar-refractivity contribution in [1.82, 2.24) is 10.2 Å². The molecule has 0 radical (unpaired) electrons. The highest BCUT2D eigenvalue weighted by Crippen LogP contribution is 2.26. The third-order valence-corrected chi connectivity index (χ3v) is 2.81. The van der Waals surface area contributed by atoms with E-state index in [-0.39, 0.29) is 0 Å². The topological polar surface area (TPSA) is 49.9 Å². The first-order valence-electron chi connectivity index (χ1n) is 5.69. The van der Waals surface area contributed by atoms with Crippen LogP contribution in [0.15, 0.2) is 24.3 Å². The Morgan fingerprint density at radius 1 is 1.35 bits per heavy atom. The molecular weight excluding hydrogens is 214 g/mol. The van der Waals surface area contributed by atoms with Crippen molar-refractivity contribution in [3.8, 4) is 17.0 Å². The molecule has 0 aliphatic rings. The number of aryl methyl sites for hydroxylation is 1. The van der Waals surface area contributed by atoms with Crippen LogP contribution in [0.4, 0.5) is 5.82 Å². The quantitative estimate of drug-likeness (QED) is 0.850. The van der Waals surface area contributed by atoms with E-state index >= 15 is 0 Å². The number of methoxy groups -OCH3 is 1. The summed E-state index contributed by atoms with van der Waals surface area (Å²) in [6.07, 6.45) is 0.948. The number of rotatable bonds is 4. The molecule has 2 aromatic rings. The average Bonchev–Trinajstić information content (AvgIpc) is 2.86. The normalized spacial score (nSPS) is 10.3. The maximum absolute atomic E-state index is 5.32. The lowest BCUT2D eigenvalue weighted by Crippen LogP contribution is -1.91. The van der Waals surface area contributed by atoms with E-state index in [2.05, 4.69) is 28.5 Å². The van der Waals surface area contributed by atoms with Crippen LogP contribution in [0.5, 0.6) is 5.75 Å². The summed E-state index contributed by atoms with van der Waals surface area (Å²) in [7, 11) is 3.55. The van der Waals surface area contributed by atoms with E-state index in [1.165, 1.54) is 5.56 Å². The fourth-order valence-electron chi connectivity index (χ4n) is 1.82. The van der Waals surface area contributed by atoms with Crippen LogP contribution in [0.2, 0.25) is 0 Å². The van der Waals surface area contributed by atoms with Crippen LogP contribution >= 0.6 is 0 Å². The van der Waals surface area contributed by atoms with Crippen LogP contribution < -0.4 is 10.1 Å². The minimum absolute atomic E-state index is 0.842. The predicted octanol–water partition coefficient (Wildman–Crippen LogP) is 2.69. The van der Waals surface area contributed by atoms with Gasteiger partial charge in [0.15, 0.2) is 0 Å². The van der Waals surface area contributed by atoms with E-state index < -0.39 is 0 Å². The fourth-order valence-corrected chi connectivity index (χ4v) is 1.82. The van der Waals surface area contributed by atoms with Crippen molar-refractivity contribution >= 4 is 5.82 Å². The number of hydrogen-bond donors (Lipinski definition) is 2. The molecule has 0 unspecified atom stereocenters. The van der Waals surface area contributed by atoms with Gasteiger partial charge in [-0.25, -0.2) is 0 Å².